The molecular formula is C26H20Cl2O4. The molecule has 3 rings (SSSR count). The van der Waals surface area contributed by atoms with Crippen LogP contribution in [0, 0.1) is 0 Å². The molecule has 6 heteroatoms. The van der Waals surface area contributed by atoms with Gasteiger partial charge in [0.15, 0.2) is 0 Å². The van der Waals surface area contributed by atoms with E-state index in [-0.39, 0.29) is 13.2 Å². The fraction of sp³-hybridized carbons (Fsp3) is 0.0769. The first-order chi connectivity index (χ1) is 15.5. The van der Waals surface area contributed by atoms with Crippen molar-refractivity contribution in [3.8, 4) is 0 Å². The predicted molar refractivity (Wildman–Crippen MR) is 127 cm³/mol. The van der Waals surface area contributed by atoms with Crippen molar-refractivity contribution in [1.82, 2.24) is 0 Å². The molecule has 0 fully saturated rings. The molecule has 0 radical (unpaired) electrons. The summed E-state index contributed by atoms with van der Waals surface area (Å²) in [5, 5.41) is 1.12. The minimum absolute atomic E-state index is 0.131. The highest BCUT2D eigenvalue weighted by atomic mass is 35.5. The van der Waals surface area contributed by atoms with Crippen LogP contribution in [0.15, 0.2) is 84.9 Å². The number of halogens is 2. The van der Waals surface area contributed by atoms with Gasteiger partial charge in [-0.2, -0.15) is 0 Å². The SMILES string of the molecule is O=C(/C=C/c1ccccc1Cl)OCc1ccc(COC(=O)/C=C/c2ccccc2Cl)cc1. The maximum absolute atomic E-state index is 11.9. The predicted octanol–water partition coefficient (Wildman–Crippen LogP) is 6.51. The van der Waals surface area contributed by atoms with Crippen molar-refractivity contribution < 1.29 is 19.1 Å². The Labute approximate surface area is 196 Å². The number of rotatable bonds is 8. The van der Waals surface area contributed by atoms with Gasteiger partial charge in [0.1, 0.15) is 13.2 Å². The molecule has 3 aromatic carbocycles. The Kier molecular flexibility index (Phi) is 8.67. The summed E-state index contributed by atoms with van der Waals surface area (Å²) in [6, 6.07) is 21.7. The van der Waals surface area contributed by atoms with E-state index in [1.54, 1.807) is 24.3 Å². The number of carbonyl (C=O) groups excluding carboxylic acids is 2. The number of carbonyl (C=O) groups is 2. The number of hydrogen-bond donors (Lipinski definition) is 0. The van der Waals surface area contributed by atoms with Gasteiger partial charge in [0, 0.05) is 22.2 Å². The van der Waals surface area contributed by atoms with Crippen LogP contribution < -0.4 is 0 Å². The molecule has 162 valence electrons. The minimum Gasteiger partial charge on any atom is -0.458 e. The van der Waals surface area contributed by atoms with Gasteiger partial charge in [0.2, 0.25) is 0 Å². The number of benzene rings is 3. The second-order valence-corrected chi connectivity index (χ2v) is 7.56. The summed E-state index contributed by atoms with van der Waals surface area (Å²) >= 11 is 12.1. The van der Waals surface area contributed by atoms with Gasteiger partial charge < -0.3 is 9.47 Å². The number of ether oxygens (including phenoxy) is 2. The van der Waals surface area contributed by atoms with Crippen molar-refractivity contribution in [2.45, 2.75) is 13.2 Å². The highest BCUT2D eigenvalue weighted by molar-refractivity contribution is 6.32. The maximum atomic E-state index is 11.9. The number of esters is 2. The second kappa shape index (κ2) is 11.9. The molecule has 0 N–H and O–H groups in total. The summed E-state index contributed by atoms with van der Waals surface area (Å²) in [7, 11) is 0. The zero-order chi connectivity index (χ0) is 22.8. The van der Waals surface area contributed by atoms with E-state index in [1.807, 2.05) is 60.7 Å². The van der Waals surface area contributed by atoms with Gasteiger partial charge in [-0.3, -0.25) is 0 Å². The first-order valence-electron chi connectivity index (χ1n) is 9.78. The van der Waals surface area contributed by atoms with Crippen LogP contribution in [-0.2, 0) is 32.3 Å². The zero-order valence-corrected chi connectivity index (χ0v) is 18.6. The standard InChI is InChI=1S/C26H20Cl2O4/c27-23-7-3-1-5-21(23)13-15-25(29)31-17-19-9-11-20(12-10-19)18-32-26(30)16-14-22-6-2-4-8-24(22)28/h1-16H,17-18H2/b15-13+,16-14+. The number of hydrogen-bond acceptors (Lipinski definition) is 4. The summed E-state index contributed by atoms with van der Waals surface area (Å²) < 4.78 is 10.5. The van der Waals surface area contributed by atoms with Crippen LogP contribution in [-0.4, -0.2) is 11.9 Å². The van der Waals surface area contributed by atoms with Gasteiger partial charge in [0.05, 0.1) is 0 Å². The van der Waals surface area contributed by atoms with Crippen LogP contribution in [0.25, 0.3) is 12.2 Å². The summed E-state index contributed by atoms with van der Waals surface area (Å²) in [4.78, 5) is 23.8. The largest absolute Gasteiger partial charge is 0.458 e. The van der Waals surface area contributed by atoms with E-state index < -0.39 is 11.9 Å². The van der Waals surface area contributed by atoms with Crippen LogP contribution in [0.1, 0.15) is 22.3 Å². The molecule has 3 aromatic rings. The van der Waals surface area contributed by atoms with Crippen molar-refractivity contribution in [1.29, 1.82) is 0 Å². The molecule has 0 aliphatic carbocycles. The molecule has 0 aliphatic rings. The Morgan fingerprint density at radius 1 is 0.625 bits per heavy atom. The Bertz CT molecular complexity index is 1040. The van der Waals surface area contributed by atoms with E-state index in [1.165, 1.54) is 12.2 Å². The monoisotopic (exact) mass is 466 g/mol. The van der Waals surface area contributed by atoms with Crippen LogP contribution in [0.5, 0.6) is 0 Å². The van der Waals surface area contributed by atoms with Crippen molar-refractivity contribution in [2.24, 2.45) is 0 Å². The lowest BCUT2D eigenvalue weighted by Crippen LogP contribution is -2.02. The van der Waals surface area contributed by atoms with Gasteiger partial charge in [-0.25, -0.2) is 9.59 Å². The average Bonchev–Trinajstić information content (AvgIpc) is 2.81. The smallest absolute Gasteiger partial charge is 0.331 e. The molecule has 0 aliphatic heterocycles. The first-order valence-corrected chi connectivity index (χ1v) is 10.5. The van der Waals surface area contributed by atoms with E-state index in [2.05, 4.69) is 0 Å². The van der Waals surface area contributed by atoms with E-state index in [0.717, 1.165) is 22.3 Å². The Balaban J connectivity index is 1.43. The quantitative estimate of drug-likeness (QED) is 0.280. The van der Waals surface area contributed by atoms with E-state index in [0.29, 0.717) is 10.0 Å². The first kappa shape index (κ1) is 23.3. The molecular weight excluding hydrogens is 447 g/mol. The van der Waals surface area contributed by atoms with Crippen LogP contribution in [0.4, 0.5) is 0 Å². The summed E-state index contributed by atoms with van der Waals surface area (Å²) in [6.07, 6.45) is 5.90. The molecule has 0 saturated heterocycles. The lowest BCUT2D eigenvalue weighted by Gasteiger charge is -2.05. The third kappa shape index (κ3) is 7.41. The van der Waals surface area contributed by atoms with Gasteiger partial charge in [0.25, 0.3) is 0 Å². The zero-order valence-electron chi connectivity index (χ0n) is 17.0. The fourth-order valence-corrected chi connectivity index (χ4v) is 3.07. The lowest BCUT2D eigenvalue weighted by atomic mass is 10.1. The molecule has 0 atom stereocenters. The Morgan fingerprint density at radius 2 is 1.00 bits per heavy atom. The molecule has 4 nitrogen and oxygen atoms in total. The molecule has 0 heterocycles. The van der Waals surface area contributed by atoms with Crippen molar-refractivity contribution in [2.75, 3.05) is 0 Å². The van der Waals surface area contributed by atoms with Gasteiger partial charge >= 0.3 is 11.9 Å². The minimum atomic E-state index is -0.465. The molecule has 0 bridgehead atoms. The molecule has 0 aromatic heterocycles. The fourth-order valence-electron chi connectivity index (χ4n) is 2.67. The van der Waals surface area contributed by atoms with E-state index in [9.17, 15) is 9.59 Å². The normalized spacial score (nSPS) is 11.1. The summed E-state index contributed by atoms with van der Waals surface area (Å²) in [5.74, 6) is -0.929. The molecule has 0 amide bonds. The second-order valence-electron chi connectivity index (χ2n) is 6.74. The Hall–Kier alpha value is -3.34. The summed E-state index contributed by atoms with van der Waals surface area (Å²) in [5.41, 5.74) is 3.12. The van der Waals surface area contributed by atoms with E-state index in [4.69, 9.17) is 32.7 Å². The third-order valence-electron chi connectivity index (χ3n) is 4.39. The third-order valence-corrected chi connectivity index (χ3v) is 5.08. The van der Waals surface area contributed by atoms with Gasteiger partial charge in [-0.1, -0.05) is 83.9 Å². The maximum Gasteiger partial charge on any atom is 0.331 e. The van der Waals surface area contributed by atoms with Crippen molar-refractivity contribution in [3.05, 3.63) is 117 Å². The van der Waals surface area contributed by atoms with Gasteiger partial charge in [-0.05, 0) is 46.5 Å². The highest BCUT2D eigenvalue weighted by Gasteiger charge is 2.03. The van der Waals surface area contributed by atoms with Crippen molar-refractivity contribution in [3.63, 3.8) is 0 Å². The van der Waals surface area contributed by atoms with Crippen LogP contribution in [0.3, 0.4) is 0 Å². The Morgan fingerprint density at radius 3 is 1.38 bits per heavy atom. The van der Waals surface area contributed by atoms with Crippen molar-refractivity contribution >= 4 is 47.3 Å². The highest BCUT2D eigenvalue weighted by Crippen LogP contribution is 2.17. The lowest BCUT2D eigenvalue weighted by molar-refractivity contribution is -0.139. The average molecular weight is 467 g/mol. The van der Waals surface area contributed by atoms with Gasteiger partial charge in [-0.15, -0.1) is 0 Å². The molecule has 0 unspecified atom stereocenters. The molecule has 0 spiro atoms. The van der Waals surface area contributed by atoms with E-state index >= 15 is 0 Å². The molecule has 32 heavy (non-hydrogen) atoms. The molecule has 0 saturated carbocycles. The summed E-state index contributed by atoms with van der Waals surface area (Å²) in [6.45, 7) is 0.263. The van der Waals surface area contributed by atoms with Crippen LogP contribution in [0.2, 0.25) is 10.0 Å². The van der Waals surface area contributed by atoms with Crippen LogP contribution >= 0.6 is 23.2 Å². The topological polar surface area (TPSA) is 52.6 Å².